The summed E-state index contributed by atoms with van der Waals surface area (Å²) in [5.41, 5.74) is 7.90. The minimum atomic E-state index is -0.395. The summed E-state index contributed by atoms with van der Waals surface area (Å²) in [6.07, 6.45) is 4.86. The van der Waals surface area contributed by atoms with Gasteiger partial charge < -0.3 is 10.3 Å². The van der Waals surface area contributed by atoms with Gasteiger partial charge in [-0.25, -0.2) is 4.98 Å². The molecule has 0 atom stereocenters. The molecule has 23 heavy (non-hydrogen) atoms. The number of aryl methyl sites for hydroxylation is 2. The summed E-state index contributed by atoms with van der Waals surface area (Å²) < 4.78 is 5.35. The van der Waals surface area contributed by atoms with Crippen molar-refractivity contribution in [1.29, 1.82) is 0 Å². The summed E-state index contributed by atoms with van der Waals surface area (Å²) in [6, 6.07) is 10.4. The molecule has 0 radical (unpaired) electrons. The van der Waals surface area contributed by atoms with Crippen molar-refractivity contribution in [3.05, 3.63) is 52.1 Å². The number of nitrogens with two attached hydrogens (primary N) is 1. The van der Waals surface area contributed by atoms with Gasteiger partial charge >= 0.3 is 0 Å². The van der Waals surface area contributed by atoms with E-state index in [1.807, 2.05) is 11.4 Å². The van der Waals surface area contributed by atoms with Crippen LogP contribution >= 0.6 is 11.3 Å². The Hall–Kier alpha value is -2.05. The molecule has 2 heterocycles. The Labute approximate surface area is 138 Å². The summed E-state index contributed by atoms with van der Waals surface area (Å²) in [6.45, 7) is 0. The highest BCUT2D eigenvalue weighted by Crippen LogP contribution is 2.37. The minimum absolute atomic E-state index is 0.395. The molecule has 0 spiro atoms. The fraction of sp³-hybridized carbons (Fsp3) is 0.353. The second-order valence-electron chi connectivity index (χ2n) is 6.04. The average molecular weight is 326 g/mol. The van der Waals surface area contributed by atoms with Crippen LogP contribution in [-0.2, 0) is 18.4 Å². The van der Waals surface area contributed by atoms with Crippen LogP contribution in [0.4, 0.5) is 0 Å². The van der Waals surface area contributed by atoms with E-state index in [0.717, 1.165) is 42.8 Å². The van der Waals surface area contributed by atoms with Crippen molar-refractivity contribution >= 4 is 11.3 Å². The van der Waals surface area contributed by atoms with Gasteiger partial charge in [0.1, 0.15) is 5.69 Å². The molecule has 0 bridgehead atoms. The summed E-state index contributed by atoms with van der Waals surface area (Å²) in [5.74, 6) is 1.08. The minimum Gasteiger partial charge on any atom is -0.332 e. The molecule has 0 saturated heterocycles. The first-order valence-corrected chi connectivity index (χ1v) is 8.73. The van der Waals surface area contributed by atoms with E-state index in [2.05, 4.69) is 39.4 Å². The van der Waals surface area contributed by atoms with Crippen molar-refractivity contribution < 1.29 is 4.52 Å². The third kappa shape index (κ3) is 2.92. The van der Waals surface area contributed by atoms with E-state index in [-0.39, 0.29) is 0 Å². The Bertz CT molecular complexity index is 792. The first-order valence-electron chi connectivity index (χ1n) is 7.85. The fourth-order valence-electron chi connectivity index (χ4n) is 2.73. The van der Waals surface area contributed by atoms with E-state index in [9.17, 15) is 0 Å². The van der Waals surface area contributed by atoms with Crippen molar-refractivity contribution in [2.24, 2.45) is 5.73 Å². The lowest BCUT2D eigenvalue weighted by molar-refractivity contribution is 0.229. The average Bonchev–Trinajstić information content (AvgIpc) is 3.21. The molecule has 0 aliphatic heterocycles. The van der Waals surface area contributed by atoms with E-state index in [1.165, 1.54) is 5.56 Å². The zero-order chi connectivity index (χ0) is 15.7. The second kappa shape index (κ2) is 5.86. The Kier molecular flexibility index (Phi) is 3.71. The van der Waals surface area contributed by atoms with Gasteiger partial charge in [0.15, 0.2) is 5.82 Å². The molecule has 6 heteroatoms. The third-order valence-corrected chi connectivity index (χ3v) is 5.27. The quantitative estimate of drug-likeness (QED) is 0.778. The van der Waals surface area contributed by atoms with Crippen molar-refractivity contribution in [2.45, 2.75) is 37.6 Å². The normalized spacial score (nSPS) is 16.2. The van der Waals surface area contributed by atoms with Gasteiger partial charge in [0, 0.05) is 11.8 Å². The maximum Gasteiger partial charge on any atom is 0.277 e. The smallest absolute Gasteiger partial charge is 0.277 e. The van der Waals surface area contributed by atoms with Gasteiger partial charge in [-0.3, -0.25) is 0 Å². The van der Waals surface area contributed by atoms with Crippen molar-refractivity contribution in [3.8, 4) is 11.6 Å². The Morgan fingerprint density at radius 3 is 2.70 bits per heavy atom. The Morgan fingerprint density at radius 1 is 1.13 bits per heavy atom. The van der Waals surface area contributed by atoms with Gasteiger partial charge in [-0.2, -0.15) is 4.98 Å². The maximum absolute atomic E-state index is 6.23. The van der Waals surface area contributed by atoms with Crippen LogP contribution in [0, 0.1) is 0 Å². The first kappa shape index (κ1) is 14.5. The molecule has 1 saturated carbocycles. The number of hydrogen-bond acceptors (Lipinski definition) is 6. The number of nitrogens with zero attached hydrogens (tertiary/aromatic N) is 3. The summed E-state index contributed by atoms with van der Waals surface area (Å²) in [5, 5.41) is 7.09. The highest BCUT2D eigenvalue weighted by Gasteiger charge is 2.39. The van der Waals surface area contributed by atoms with Crippen molar-refractivity contribution in [3.63, 3.8) is 0 Å². The van der Waals surface area contributed by atoms with E-state index in [1.54, 1.807) is 11.3 Å². The van der Waals surface area contributed by atoms with Gasteiger partial charge in [-0.1, -0.05) is 35.5 Å². The summed E-state index contributed by atoms with van der Waals surface area (Å²) in [4.78, 5) is 9.06. The van der Waals surface area contributed by atoms with Gasteiger partial charge in [0.05, 0.1) is 10.5 Å². The predicted molar refractivity (Wildman–Crippen MR) is 89.0 cm³/mol. The highest BCUT2D eigenvalue weighted by atomic mass is 32.1. The molecule has 1 aromatic carbocycles. The molecular weight excluding hydrogens is 308 g/mol. The summed E-state index contributed by atoms with van der Waals surface area (Å²) in [7, 11) is 0. The van der Waals surface area contributed by atoms with Crippen LogP contribution in [0.25, 0.3) is 11.6 Å². The SMILES string of the molecule is NC1(c2noc(-c3csc(CCc4ccccc4)n3)n2)CCC1. The van der Waals surface area contributed by atoms with Gasteiger partial charge in [0.2, 0.25) is 0 Å². The van der Waals surface area contributed by atoms with E-state index >= 15 is 0 Å². The zero-order valence-corrected chi connectivity index (χ0v) is 13.6. The number of hydrogen-bond donors (Lipinski definition) is 1. The van der Waals surface area contributed by atoms with Crippen LogP contribution in [0.1, 0.15) is 35.7 Å². The number of rotatable bonds is 5. The van der Waals surface area contributed by atoms with Gasteiger partial charge in [0.25, 0.3) is 5.89 Å². The molecule has 1 aliphatic carbocycles. The van der Waals surface area contributed by atoms with Crippen LogP contribution in [0.2, 0.25) is 0 Å². The molecule has 0 unspecified atom stereocenters. The molecule has 1 fully saturated rings. The second-order valence-corrected chi connectivity index (χ2v) is 6.99. The van der Waals surface area contributed by atoms with Crippen LogP contribution in [0.3, 0.4) is 0 Å². The van der Waals surface area contributed by atoms with Crippen molar-refractivity contribution in [2.75, 3.05) is 0 Å². The van der Waals surface area contributed by atoms with Crippen LogP contribution < -0.4 is 5.73 Å². The summed E-state index contributed by atoms with van der Waals surface area (Å²) >= 11 is 1.63. The van der Waals surface area contributed by atoms with Crippen molar-refractivity contribution in [1.82, 2.24) is 15.1 Å². The zero-order valence-electron chi connectivity index (χ0n) is 12.7. The predicted octanol–water partition coefficient (Wildman–Crippen LogP) is 3.32. The largest absolute Gasteiger partial charge is 0.332 e. The lowest BCUT2D eigenvalue weighted by atomic mass is 9.77. The van der Waals surface area contributed by atoms with E-state index in [0.29, 0.717) is 11.7 Å². The monoisotopic (exact) mass is 326 g/mol. The van der Waals surface area contributed by atoms with Gasteiger partial charge in [-0.05, 0) is 31.2 Å². The molecule has 2 N–H and O–H groups in total. The first-order chi connectivity index (χ1) is 11.2. The molecule has 4 rings (SSSR count). The molecule has 5 nitrogen and oxygen atoms in total. The Morgan fingerprint density at radius 2 is 1.96 bits per heavy atom. The number of thiazole rings is 1. The lowest BCUT2D eigenvalue weighted by Crippen LogP contribution is -2.44. The highest BCUT2D eigenvalue weighted by molar-refractivity contribution is 7.09. The third-order valence-electron chi connectivity index (χ3n) is 4.36. The molecule has 1 aliphatic rings. The van der Waals surface area contributed by atoms with Crippen LogP contribution in [-0.4, -0.2) is 15.1 Å². The van der Waals surface area contributed by atoms with Crippen LogP contribution in [0.15, 0.2) is 40.2 Å². The van der Waals surface area contributed by atoms with E-state index in [4.69, 9.17) is 10.3 Å². The standard InChI is InChI=1S/C17H18N4OS/c18-17(9-4-10-17)16-20-15(22-21-16)13-11-23-14(19-13)8-7-12-5-2-1-3-6-12/h1-3,5-6,11H,4,7-10,18H2. The van der Waals surface area contributed by atoms with E-state index < -0.39 is 5.54 Å². The van der Waals surface area contributed by atoms with Crippen LogP contribution in [0.5, 0.6) is 0 Å². The molecule has 118 valence electrons. The number of aromatic nitrogens is 3. The number of benzene rings is 1. The molecular formula is C17H18N4OS. The fourth-order valence-corrected chi connectivity index (χ4v) is 3.50. The maximum atomic E-state index is 6.23. The Balaban J connectivity index is 1.45. The topological polar surface area (TPSA) is 77.8 Å². The van der Waals surface area contributed by atoms with Gasteiger partial charge in [-0.15, -0.1) is 11.3 Å². The molecule has 0 amide bonds. The lowest BCUT2D eigenvalue weighted by Gasteiger charge is -2.34. The molecule has 3 aromatic rings. The molecule has 2 aromatic heterocycles.